The van der Waals surface area contributed by atoms with Crippen LogP contribution in [-0.2, 0) is 17.8 Å². The van der Waals surface area contributed by atoms with Gasteiger partial charge in [0.2, 0.25) is 5.91 Å². The van der Waals surface area contributed by atoms with Crippen LogP contribution in [0, 0.1) is 0 Å². The van der Waals surface area contributed by atoms with Gasteiger partial charge in [0, 0.05) is 31.0 Å². The van der Waals surface area contributed by atoms with Crippen LogP contribution in [0.3, 0.4) is 0 Å². The average molecular weight is 244 g/mol. The summed E-state index contributed by atoms with van der Waals surface area (Å²) in [6.45, 7) is 0.544. The molecule has 0 unspecified atom stereocenters. The summed E-state index contributed by atoms with van der Waals surface area (Å²) in [5, 5.41) is 6.57. The van der Waals surface area contributed by atoms with Gasteiger partial charge < -0.3 is 10.6 Å². The molecule has 3 N–H and O–H groups in total. The number of nitrogen functional groups attached to an aromatic ring is 1. The maximum atomic E-state index is 12.0. The van der Waals surface area contributed by atoms with Crippen LogP contribution < -0.4 is 5.73 Å². The Morgan fingerprint density at radius 1 is 1.44 bits per heavy atom. The molecule has 5 nitrogen and oxygen atoms in total. The van der Waals surface area contributed by atoms with Gasteiger partial charge >= 0.3 is 0 Å². The van der Waals surface area contributed by atoms with E-state index in [1.807, 2.05) is 18.2 Å². The van der Waals surface area contributed by atoms with Gasteiger partial charge in [-0.05, 0) is 11.6 Å². The quantitative estimate of drug-likeness (QED) is 0.793. The highest BCUT2D eigenvalue weighted by Gasteiger charge is 2.11. The van der Waals surface area contributed by atoms with Crippen molar-refractivity contribution in [1.29, 1.82) is 0 Å². The molecule has 0 fully saturated rings. The van der Waals surface area contributed by atoms with E-state index in [1.54, 1.807) is 30.4 Å². The molecule has 2 aromatic rings. The topological polar surface area (TPSA) is 75.0 Å². The maximum Gasteiger partial charge on any atom is 0.227 e. The second-order valence-electron chi connectivity index (χ2n) is 4.23. The summed E-state index contributed by atoms with van der Waals surface area (Å²) in [5.74, 6) is 0.0362. The minimum absolute atomic E-state index is 0.0362. The smallest absolute Gasteiger partial charge is 0.227 e. The lowest BCUT2D eigenvalue weighted by Gasteiger charge is -2.16. The van der Waals surface area contributed by atoms with Gasteiger partial charge in [-0.2, -0.15) is 5.10 Å². The molecule has 0 atom stereocenters. The van der Waals surface area contributed by atoms with E-state index in [1.165, 1.54) is 0 Å². The number of anilines is 1. The predicted octanol–water partition coefficient (Wildman–Crippen LogP) is 1.19. The van der Waals surface area contributed by atoms with Gasteiger partial charge in [0.15, 0.2) is 0 Å². The van der Waals surface area contributed by atoms with E-state index in [2.05, 4.69) is 10.2 Å². The molecule has 0 saturated carbocycles. The highest BCUT2D eigenvalue weighted by atomic mass is 16.2. The number of nitrogens with two attached hydrogens (primary N) is 1. The number of H-pyrrole nitrogens is 1. The lowest BCUT2D eigenvalue weighted by molar-refractivity contribution is -0.129. The number of amides is 1. The first-order chi connectivity index (χ1) is 8.66. The van der Waals surface area contributed by atoms with Crippen molar-refractivity contribution < 1.29 is 4.79 Å². The first-order valence-corrected chi connectivity index (χ1v) is 5.72. The number of likely N-dealkylation sites (N-methyl/N-ethyl adjacent to an activating group) is 1. The Morgan fingerprint density at radius 2 is 2.22 bits per heavy atom. The summed E-state index contributed by atoms with van der Waals surface area (Å²) >= 11 is 0. The van der Waals surface area contributed by atoms with Crippen molar-refractivity contribution in [2.45, 2.75) is 13.0 Å². The molecule has 0 aliphatic rings. The zero-order valence-corrected chi connectivity index (χ0v) is 10.3. The minimum Gasteiger partial charge on any atom is -0.398 e. The average Bonchev–Trinajstić information content (AvgIpc) is 2.84. The number of hydrogen-bond acceptors (Lipinski definition) is 3. The lowest BCUT2D eigenvalue weighted by Crippen LogP contribution is -2.27. The molecule has 0 radical (unpaired) electrons. The van der Waals surface area contributed by atoms with Crippen LogP contribution in [-0.4, -0.2) is 28.1 Å². The molecule has 2 rings (SSSR count). The number of carbonyl (C=O) groups excluding carboxylic acids is 1. The molecule has 0 aliphatic carbocycles. The monoisotopic (exact) mass is 244 g/mol. The zero-order valence-electron chi connectivity index (χ0n) is 10.3. The van der Waals surface area contributed by atoms with E-state index < -0.39 is 0 Å². The molecule has 18 heavy (non-hydrogen) atoms. The van der Waals surface area contributed by atoms with Crippen LogP contribution in [0.15, 0.2) is 36.7 Å². The Kier molecular flexibility index (Phi) is 3.62. The van der Waals surface area contributed by atoms with E-state index in [9.17, 15) is 4.79 Å². The van der Waals surface area contributed by atoms with E-state index >= 15 is 0 Å². The molecule has 94 valence electrons. The van der Waals surface area contributed by atoms with Crippen molar-refractivity contribution >= 4 is 11.6 Å². The summed E-state index contributed by atoms with van der Waals surface area (Å²) in [5.41, 5.74) is 8.32. The Balaban J connectivity index is 1.98. The Labute approximate surface area is 106 Å². The van der Waals surface area contributed by atoms with Crippen LogP contribution >= 0.6 is 0 Å². The van der Waals surface area contributed by atoms with Gasteiger partial charge in [0.25, 0.3) is 0 Å². The number of carbonyl (C=O) groups is 1. The summed E-state index contributed by atoms with van der Waals surface area (Å²) in [4.78, 5) is 13.7. The molecular formula is C13H16N4O. The third-order valence-electron chi connectivity index (χ3n) is 2.80. The third kappa shape index (κ3) is 2.88. The Morgan fingerprint density at radius 3 is 2.89 bits per heavy atom. The Bertz CT molecular complexity index is 522. The molecule has 0 spiro atoms. The van der Waals surface area contributed by atoms with Crippen LogP contribution in [0.1, 0.15) is 11.1 Å². The fourth-order valence-electron chi connectivity index (χ4n) is 1.72. The molecule has 0 aliphatic heterocycles. The molecule has 1 heterocycles. The van der Waals surface area contributed by atoms with Crippen molar-refractivity contribution in [2.24, 2.45) is 0 Å². The zero-order chi connectivity index (χ0) is 13.0. The Hall–Kier alpha value is -2.30. The molecule has 1 aromatic carbocycles. The van der Waals surface area contributed by atoms with Crippen molar-refractivity contribution in [3.05, 3.63) is 47.8 Å². The number of aromatic amines is 1. The summed E-state index contributed by atoms with van der Waals surface area (Å²) in [6, 6.07) is 7.42. The number of benzene rings is 1. The van der Waals surface area contributed by atoms with E-state index in [-0.39, 0.29) is 5.91 Å². The third-order valence-corrected chi connectivity index (χ3v) is 2.80. The number of rotatable bonds is 4. The van der Waals surface area contributed by atoms with Gasteiger partial charge in [0.05, 0.1) is 12.6 Å². The SMILES string of the molecule is CN(Cc1cn[nH]c1)C(=O)Cc1ccccc1N. The fraction of sp³-hybridized carbons (Fsp3) is 0.231. The molecule has 5 heteroatoms. The van der Waals surface area contributed by atoms with Crippen molar-refractivity contribution in [1.82, 2.24) is 15.1 Å². The van der Waals surface area contributed by atoms with Crippen molar-refractivity contribution in [3.8, 4) is 0 Å². The van der Waals surface area contributed by atoms with E-state index in [0.29, 0.717) is 18.7 Å². The second-order valence-corrected chi connectivity index (χ2v) is 4.23. The number of aromatic nitrogens is 2. The molecule has 1 aromatic heterocycles. The molecule has 0 saturated heterocycles. The predicted molar refractivity (Wildman–Crippen MR) is 69.6 cm³/mol. The van der Waals surface area contributed by atoms with Gasteiger partial charge in [0.1, 0.15) is 0 Å². The minimum atomic E-state index is 0.0362. The molecule has 1 amide bonds. The van der Waals surface area contributed by atoms with Crippen LogP contribution in [0.5, 0.6) is 0 Å². The van der Waals surface area contributed by atoms with Crippen molar-refractivity contribution in [2.75, 3.05) is 12.8 Å². The highest BCUT2D eigenvalue weighted by molar-refractivity contribution is 5.80. The summed E-state index contributed by atoms with van der Waals surface area (Å²) in [6.07, 6.45) is 3.81. The normalized spacial score (nSPS) is 10.3. The van der Waals surface area contributed by atoms with Gasteiger partial charge in [-0.25, -0.2) is 0 Å². The van der Waals surface area contributed by atoms with E-state index in [0.717, 1.165) is 11.1 Å². The molecule has 0 bridgehead atoms. The highest BCUT2D eigenvalue weighted by Crippen LogP contribution is 2.12. The largest absolute Gasteiger partial charge is 0.398 e. The lowest BCUT2D eigenvalue weighted by atomic mass is 10.1. The number of para-hydroxylation sites is 1. The van der Waals surface area contributed by atoms with Crippen LogP contribution in [0.2, 0.25) is 0 Å². The van der Waals surface area contributed by atoms with Crippen LogP contribution in [0.25, 0.3) is 0 Å². The standard InChI is InChI=1S/C13H16N4O/c1-17(9-10-7-15-16-8-10)13(18)6-11-4-2-3-5-12(11)14/h2-5,7-8H,6,9,14H2,1H3,(H,15,16). The first-order valence-electron chi connectivity index (χ1n) is 5.72. The van der Waals surface area contributed by atoms with Crippen LogP contribution in [0.4, 0.5) is 5.69 Å². The second kappa shape index (κ2) is 5.35. The number of nitrogens with one attached hydrogen (secondary N) is 1. The summed E-state index contributed by atoms with van der Waals surface area (Å²) in [7, 11) is 1.77. The molecular weight excluding hydrogens is 228 g/mol. The maximum absolute atomic E-state index is 12.0. The first kappa shape index (κ1) is 12.2. The fourth-order valence-corrected chi connectivity index (χ4v) is 1.72. The van der Waals surface area contributed by atoms with Gasteiger partial charge in [-0.3, -0.25) is 9.89 Å². The van der Waals surface area contributed by atoms with Gasteiger partial charge in [-0.15, -0.1) is 0 Å². The summed E-state index contributed by atoms with van der Waals surface area (Å²) < 4.78 is 0. The van der Waals surface area contributed by atoms with Crippen molar-refractivity contribution in [3.63, 3.8) is 0 Å². The van der Waals surface area contributed by atoms with Gasteiger partial charge in [-0.1, -0.05) is 18.2 Å². The number of hydrogen-bond donors (Lipinski definition) is 2. The van der Waals surface area contributed by atoms with E-state index in [4.69, 9.17) is 5.73 Å². The number of nitrogens with zero attached hydrogens (tertiary/aromatic N) is 2.